The molecule has 0 radical (unpaired) electrons. The molecule has 0 spiro atoms. The van der Waals surface area contributed by atoms with Gasteiger partial charge in [-0.1, -0.05) is 0 Å². The fraction of sp³-hybridized carbons (Fsp3) is 0.478. The first kappa shape index (κ1) is 21.2. The van der Waals surface area contributed by atoms with Gasteiger partial charge in [-0.2, -0.15) is 4.98 Å². The van der Waals surface area contributed by atoms with Crippen LogP contribution in [0.15, 0.2) is 24.5 Å². The fourth-order valence-corrected chi connectivity index (χ4v) is 5.58. The van der Waals surface area contributed by atoms with Crippen LogP contribution in [0.4, 0.5) is 36.6 Å². The van der Waals surface area contributed by atoms with Crippen LogP contribution in [0.2, 0.25) is 0 Å². The second kappa shape index (κ2) is 8.14. The van der Waals surface area contributed by atoms with Gasteiger partial charge in [0.2, 0.25) is 11.9 Å². The molecule has 3 atom stereocenters. The first-order chi connectivity index (χ1) is 16.5. The van der Waals surface area contributed by atoms with Crippen molar-refractivity contribution in [3.8, 4) is 0 Å². The molecule has 3 aromatic rings. The Bertz CT molecular complexity index is 1220. The fourth-order valence-electron chi connectivity index (χ4n) is 5.58. The maximum atomic E-state index is 14.5. The van der Waals surface area contributed by atoms with Crippen LogP contribution in [0.3, 0.4) is 0 Å². The molecule has 6 rings (SSSR count). The summed E-state index contributed by atoms with van der Waals surface area (Å²) in [6, 6.07) is 4.43. The predicted molar refractivity (Wildman–Crippen MR) is 121 cm³/mol. The van der Waals surface area contributed by atoms with Crippen LogP contribution in [0.5, 0.6) is 0 Å². The van der Waals surface area contributed by atoms with Gasteiger partial charge in [-0.25, -0.2) is 27.8 Å². The summed E-state index contributed by atoms with van der Waals surface area (Å²) in [6.07, 6.45) is 4.53. The van der Waals surface area contributed by atoms with Gasteiger partial charge in [0.1, 0.15) is 12.1 Å². The number of benzene rings is 1. The summed E-state index contributed by atoms with van der Waals surface area (Å²) < 4.78 is 43.5. The highest BCUT2D eigenvalue weighted by Crippen LogP contribution is 2.40. The van der Waals surface area contributed by atoms with Crippen molar-refractivity contribution in [1.29, 1.82) is 0 Å². The van der Waals surface area contributed by atoms with Crippen LogP contribution in [0.25, 0.3) is 0 Å². The standard InChI is InChI=1S/C23H25F3N8/c1-13-9-18(28-12-27-13)32-10-14-3-4-15(11-32)21(14)29-22-30-23-33(7-2-8-34(23)31-22)17-6-5-16(24)19(25)20(17)26/h5-6,9,12,14-15,21H,2-4,7-8,10-11H2,1H3,(H,29,31)/t14-,15?,21-/m0/s1. The largest absolute Gasteiger partial charge is 0.356 e. The summed E-state index contributed by atoms with van der Waals surface area (Å²) in [5.74, 6) is -1.17. The summed E-state index contributed by atoms with van der Waals surface area (Å²) in [4.78, 5) is 17.2. The molecule has 1 N–H and O–H groups in total. The van der Waals surface area contributed by atoms with Crippen molar-refractivity contribution in [3.05, 3.63) is 47.7 Å². The molecule has 1 aromatic carbocycles. The number of halogens is 3. The lowest BCUT2D eigenvalue weighted by Crippen LogP contribution is -2.48. The molecule has 1 saturated heterocycles. The third kappa shape index (κ3) is 3.54. The highest BCUT2D eigenvalue weighted by Gasteiger charge is 2.43. The lowest BCUT2D eigenvalue weighted by atomic mass is 9.92. The van der Waals surface area contributed by atoms with E-state index in [0.717, 1.165) is 43.5 Å². The molecule has 1 saturated carbocycles. The van der Waals surface area contributed by atoms with Gasteiger partial charge in [-0.3, -0.25) is 0 Å². The van der Waals surface area contributed by atoms with Crippen LogP contribution in [-0.2, 0) is 6.54 Å². The van der Waals surface area contributed by atoms with E-state index in [2.05, 4.69) is 30.3 Å². The maximum Gasteiger partial charge on any atom is 0.244 e. The van der Waals surface area contributed by atoms with Gasteiger partial charge in [0, 0.05) is 44.0 Å². The minimum atomic E-state index is -1.48. The number of anilines is 4. The van der Waals surface area contributed by atoms with Gasteiger partial charge in [0.15, 0.2) is 17.5 Å². The summed E-state index contributed by atoms with van der Waals surface area (Å²) >= 11 is 0. The van der Waals surface area contributed by atoms with Crippen LogP contribution >= 0.6 is 0 Å². The molecule has 8 nitrogen and oxygen atoms in total. The Kier molecular flexibility index (Phi) is 5.07. The average Bonchev–Trinajstić information content (AvgIpc) is 3.33. The van der Waals surface area contributed by atoms with Crippen molar-refractivity contribution in [1.82, 2.24) is 24.7 Å². The van der Waals surface area contributed by atoms with Crippen molar-refractivity contribution >= 4 is 23.4 Å². The van der Waals surface area contributed by atoms with E-state index >= 15 is 0 Å². The molecule has 1 unspecified atom stereocenters. The number of hydrogen-bond acceptors (Lipinski definition) is 7. The molecular weight excluding hydrogens is 445 g/mol. The number of piperidine rings is 1. The second-order valence-corrected chi connectivity index (χ2v) is 9.35. The Labute approximate surface area is 194 Å². The third-order valence-corrected chi connectivity index (χ3v) is 7.19. The van der Waals surface area contributed by atoms with E-state index in [4.69, 9.17) is 0 Å². The molecule has 1 aliphatic carbocycles. The Balaban J connectivity index is 1.22. The normalized spacial score (nSPS) is 23.8. The van der Waals surface area contributed by atoms with E-state index in [9.17, 15) is 13.2 Å². The molecule has 0 amide bonds. The zero-order chi connectivity index (χ0) is 23.4. The van der Waals surface area contributed by atoms with Gasteiger partial charge >= 0.3 is 0 Å². The molecule has 34 heavy (non-hydrogen) atoms. The number of nitrogens with zero attached hydrogens (tertiary/aromatic N) is 7. The van der Waals surface area contributed by atoms with E-state index in [0.29, 0.717) is 43.2 Å². The van der Waals surface area contributed by atoms with E-state index in [1.165, 1.54) is 6.07 Å². The first-order valence-electron chi connectivity index (χ1n) is 11.6. The Morgan fingerprint density at radius 1 is 1.00 bits per heavy atom. The predicted octanol–water partition coefficient (Wildman–Crippen LogP) is 3.66. The number of aromatic nitrogens is 5. The zero-order valence-corrected chi connectivity index (χ0v) is 18.8. The molecule has 11 heteroatoms. The minimum Gasteiger partial charge on any atom is -0.356 e. The molecule has 2 fully saturated rings. The topological polar surface area (TPSA) is 75.0 Å². The molecular formula is C23H25F3N8. The van der Waals surface area contributed by atoms with Crippen LogP contribution in [0.1, 0.15) is 25.0 Å². The minimum absolute atomic E-state index is 0.0349. The Hall–Kier alpha value is -3.37. The van der Waals surface area contributed by atoms with Crippen LogP contribution < -0.4 is 15.1 Å². The number of rotatable bonds is 4. The van der Waals surface area contributed by atoms with Gasteiger partial charge in [0.25, 0.3) is 0 Å². The van der Waals surface area contributed by atoms with E-state index < -0.39 is 17.5 Å². The van der Waals surface area contributed by atoms with E-state index in [1.54, 1.807) is 15.9 Å². The Morgan fingerprint density at radius 3 is 2.56 bits per heavy atom. The molecule has 2 aliphatic heterocycles. The molecule has 178 valence electrons. The summed E-state index contributed by atoms with van der Waals surface area (Å²) in [5, 5.41) is 8.14. The van der Waals surface area contributed by atoms with Crippen molar-refractivity contribution in [2.75, 3.05) is 34.8 Å². The Morgan fingerprint density at radius 2 is 1.79 bits per heavy atom. The van der Waals surface area contributed by atoms with Gasteiger partial charge in [-0.05, 0) is 50.2 Å². The van der Waals surface area contributed by atoms with Crippen molar-refractivity contribution in [2.45, 2.75) is 38.8 Å². The average molecular weight is 471 g/mol. The second-order valence-electron chi connectivity index (χ2n) is 9.35. The van der Waals surface area contributed by atoms with E-state index in [1.807, 2.05) is 13.0 Å². The quantitative estimate of drug-likeness (QED) is 0.584. The number of aryl methyl sites for hydroxylation is 2. The number of hydrogen-bond donors (Lipinski definition) is 1. The van der Waals surface area contributed by atoms with Gasteiger partial charge in [0.05, 0.1) is 5.69 Å². The number of fused-ring (bicyclic) bond motifs is 3. The summed E-state index contributed by atoms with van der Waals surface area (Å²) in [7, 11) is 0. The molecule has 3 aliphatic rings. The van der Waals surface area contributed by atoms with Gasteiger partial charge in [-0.15, -0.1) is 5.10 Å². The molecule has 2 bridgehead atoms. The van der Waals surface area contributed by atoms with Crippen LogP contribution in [0, 0.1) is 36.2 Å². The first-order valence-corrected chi connectivity index (χ1v) is 11.6. The van der Waals surface area contributed by atoms with E-state index in [-0.39, 0.29) is 11.7 Å². The number of nitrogens with one attached hydrogen (secondary N) is 1. The summed E-state index contributed by atoms with van der Waals surface area (Å²) in [5.41, 5.74) is 0.916. The zero-order valence-electron chi connectivity index (χ0n) is 18.8. The highest BCUT2D eigenvalue weighted by molar-refractivity contribution is 5.60. The van der Waals surface area contributed by atoms with Crippen molar-refractivity contribution in [2.24, 2.45) is 11.8 Å². The molecule has 4 heterocycles. The van der Waals surface area contributed by atoms with Gasteiger partial charge < -0.3 is 15.1 Å². The lowest BCUT2D eigenvalue weighted by molar-refractivity contribution is 0.374. The maximum absolute atomic E-state index is 14.5. The smallest absolute Gasteiger partial charge is 0.244 e. The molecule has 2 aromatic heterocycles. The monoisotopic (exact) mass is 470 g/mol. The van der Waals surface area contributed by atoms with Crippen molar-refractivity contribution in [3.63, 3.8) is 0 Å². The third-order valence-electron chi connectivity index (χ3n) is 7.19. The van der Waals surface area contributed by atoms with Crippen molar-refractivity contribution < 1.29 is 13.2 Å². The highest BCUT2D eigenvalue weighted by atomic mass is 19.2. The SMILES string of the molecule is Cc1cc(N2CC3CC[C@@H](C2)[C@@H]3Nc2nc3n(n2)CCCN3c2ccc(F)c(F)c2F)ncn1. The van der Waals surface area contributed by atoms with Crippen LogP contribution in [-0.4, -0.2) is 50.4 Å². The lowest BCUT2D eigenvalue weighted by Gasteiger charge is -2.38. The summed E-state index contributed by atoms with van der Waals surface area (Å²) in [6.45, 7) is 4.83.